The summed E-state index contributed by atoms with van der Waals surface area (Å²) in [6.07, 6.45) is 0.783. The van der Waals surface area contributed by atoms with Crippen LogP contribution < -0.4 is 4.74 Å². The van der Waals surface area contributed by atoms with Crippen LogP contribution in [0.4, 0.5) is 0 Å². The molecule has 0 fully saturated rings. The molecule has 22 heavy (non-hydrogen) atoms. The number of carbonyl (C=O) groups excluding carboxylic acids is 1. The molecular formula is C16H21NO4S. The highest BCUT2D eigenvalue weighted by Gasteiger charge is 2.40. The van der Waals surface area contributed by atoms with Crippen LogP contribution in [-0.4, -0.2) is 40.6 Å². The van der Waals surface area contributed by atoms with E-state index in [2.05, 4.69) is 4.99 Å². The molecule has 1 atom stereocenters. The van der Waals surface area contributed by atoms with Crippen molar-refractivity contribution in [3.8, 4) is 11.5 Å². The van der Waals surface area contributed by atoms with Crippen molar-refractivity contribution in [3.63, 3.8) is 0 Å². The van der Waals surface area contributed by atoms with E-state index >= 15 is 0 Å². The van der Waals surface area contributed by atoms with E-state index in [0.29, 0.717) is 35.3 Å². The van der Waals surface area contributed by atoms with Crippen LogP contribution in [0.2, 0.25) is 0 Å². The van der Waals surface area contributed by atoms with Crippen LogP contribution >= 0.6 is 11.8 Å². The maximum atomic E-state index is 12.1. The van der Waals surface area contributed by atoms with Crippen molar-refractivity contribution in [2.45, 2.75) is 32.7 Å². The Morgan fingerprint density at radius 1 is 1.45 bits per heavy atom. The van der Waals surface area contributed by atoms with Gasteiger partial charge < -0.3 is 14.6 Å². The smallest absolute Gasteiger partial charge is 0.334 e. The summed E-state index contributed by atoms with van der Waals surface area (Å²) in [5, 5.41) is 10.8. The summed E-state index contributed by atoms with van der Waals surface area (Å²) in [4.78, 5) is 16.6. The van der Waals surface area contributed by atoms with Crippen LogP contribution in [0.1, 0.15) is 32.8 Å². The average Bonchev–Trinajstić information content (AvgIpc) is 2.89. The fourth-order valence-electron chi connectivity index (χ4n) is 2.04. The Balaban J connectivity index is 2.20. The molecule has 1 aliphatic rings. The minimum Gasteiger partial charge on any atom is -0.507 e. The second-order valence-corrected chi connectivity index (χ2v) is 6.19. The Kier molecular flexibility index (Phi) is 5.34. The van der Waals surface area contributed by atoms with Crippen LogP contribution in [0.5, 0.6) is 11.5 Å². The van der Waals surface area contributed by atoms with Gasteiger partial charge in [-0.15, -0.1) is 11.8 Å². The Morgan fingerprint density at radius 3 is 2.86 bits per heavy atom. The molecule has 0 saturated carbocycles. The summed E-state index contributed by atoms with van der Waals surface area (Å²) in [5.41, 5.74) is -0.277. The molecule has 0 spiro atoms. The number of ether oxygens (including phenoxy) is 2. The van der Waals surface area contributed by atoms with Gasteiger partial charge in [-0.05, 0) is 32.4 Å². The van der Waals surface area contributed by atoms with Crippen molar-refractivity contribution >= 4 is 22.8 Å². The Hall–Kier alpha value is -1.69. The lowest BCUT2D eigenvalue weighted by molar-refractivity contribution is -0.148. The Bertz CT molecular complexity index is 588. The summed E-state index contributed by atoms with van der Waals surface area (Å²) in [5.74, 6) is 0.903. The highest BCUT2D eigenvalue weighted by atomic mass is 32.2. The number of carbonyl (C=O) groups is 1. The van der Waals surface area contributed by atoms with E-state index in [9.17, 15) is 9.90 Å². The predicted octanol–water partition coefficient (Wildman–Crippen LogP) is 3.00. The van der Waals surface area contributed by atoms with Crippen LogP contribution in [0.15, 0.2) is 23.2 Å². The van der Waals surface area contributed by atoms with Crippen LogP contribution in [-0.2, 0) is 9.53 Å². The number of esters is 1. The van der Waals surface area contributed by atoms with Crippen molar-refractivity contribution in [1.29, 1.82) is 0 Å². The lowest BCUT2D eigenvalue weighted by Crippen LogP contribution is -2.35. The fourth-order valence-corrected chi connectivity index (χ4v) is 3.23. The van der Waals surface area contributed by atoms with Gasteiger partial charge in [-0.3, -0.25) is 4.99 Å². The van der Waals surface area contributed by atoms with Gasteiger partial charge in [-0.2, -0.15) is 0 Å². The minimum absolute atomic E-state index is 0.100. The van der Waals surface area contributed by atoms with E-state index < -0.39 is 5.54 Å². The molecule has 1 aromatic rings. The van der Waals surface area contributed by atoms with Crippen molar-refractivity contribution in [1.82, 2.24) is 0 Å². The number of thioether (sulfide) groups is 1. The normalized spacial score (nSPS) is 20.6. The molecule has 5 nitrogen and oxygen atoms in total. The van der Waals surface area contributed by atoms with Gasteiger partial charge in [0, 0.05) is 17.4 Å². The standard InChI is InChI=1S/C16H21NO4S/c1-4-8-21-15(19)16(3)10-22-14(17-16)12-7-6-11(20-5-2)9-13(12)18/h6-7,9,18H,4-5,8,10H2,1-3H3/t16-/m1/s1. The molecule has 0 saturated heterocycles. The first-order chi connectivity index (χ1) is 10.5. The van der Waals surface area contributed by atoms with Gasteiger partial charge in [-0.1, -0.05) is 6.92 Å². The molecule has 0 unspecified atom stereocenters. The molecule has 0 aliphatic carbocycles. The first kappa shape index (κ1) is 16.7. The summed E-state index contributed by atoms with van der Waals surface area (Å²) in [6.45, 7) is 6.53. The molecule has 0 aromatic heterocycles. The molecule has 1 N–H and O–H groups in total. The minimum atomic E-state index is -0.889. The number of aromatic hydroxyl groups is 1. The largest absolute Gasteiger partial charge is 0.507 e. The first-order valence-corrected chi connectivity index (χ1v) is 8.34. The molecule has 0 radical (unpaired) electrons. The molecular weight excluding hydrogens is 302 g/mol. The third-order valence-electron chi connectivity index (χ3n) is 3.23. The van der Waals surface area contributed by atoms with Crippen molar-refractivity contribution < 1.29 is 19.4 Å². The third kappa shape index (κ3) is 3.55. The Labute approximate surface area is 134 Å². The molecule has 1 heterocycles. The average molecular weight is 323 g/mol. The monoisotopic (exact) mass is 323 g/mol. The Morgan fingerprint density at radius 2 is 2.23 bits per heavy atom. The molecule has 1 aromatic carbocycles. The number of rotatable bonds is 6. The topological polar surface area (TPSA) is 68.1 Å². The molecule has 2 rings (SSSR count). The maximum Gasteiger partial charge on any atom is 0.334 e. The number of aliphatic imine (C=N–C) groups is 1. The quantitative estimate of drug-likeness (QED) is 0.815. The number of nitrogens with zero attached hydrogens (tertiary/aromatic N) is 1. The number of hydrogen-bond donors (Lipinski definition) is 1. The predicted molar refractivity (Wildman–Crippen MR) is 87.9 cm³/mol. The van der Waals surface area contributed by atoms with Crippen molar-refractivity contribution in [2.75, 3.05) is 19.0 Å². The summed E-state index contributed by atoms with van der Waals surface area (Å²) < 4.78 is 10.5. The van der Waals surface area contributed by atoms with Crippen molar-refractivity contribution in [3.05, 3.63) is 23.8 Å². The third-order valence-corrected chi connectivity index (χ3v) is 4.52. The van der Waals surface area contributed by atoms with E-state index in [0.717, 1.165) is 6.42 Å². The number of phenols is 1. The summed E-state index contributed by atoms with van der Waals surface area (Å²) >= 11 is 1.45. The fraction of sp³-hybridized carbons (Fsp3) is 0.500. The molecule has 0 amide bonds. The van der Waals surface area contributed by atoms with E-state index in [4.69, 9.17) is 9.47 Å². The van der Waals surface area contributed by atoms with E-state index in [1.165, 1.54) is 11.8 Å². The van der Waals surface area contributed by atoms with Crippen molar-refractivity contribution in [2.24, 2.45) is 4.99 Å². The SMILES string of the molecule is CCCOC(=O)[C@@]1(C)CSC(c2ccc(OCC)cc2O)=N1. The van der Waals surface area contributed by atoms with Crippen LogP contribution in [0.3, 0.4) is 0 Å². The second kappa shape index (κ2) is 7.05. The molecule has 6 heteroatoms. The van der Waals surface area contributed by atoms with Gasteiger partial charge in [0.05, 0.1) is 13.2 Å². The lowest BCUT2D eigenvalue weighted by atomic mass is 10.1. The number of phenolic OH excluding ortho intramolecular Hbond substituents is 1. The highest BCUT2D eigenvalue weighted by Crippen LogP contribution is 2.35. The van der Waals surface area contributed by atoms with Gasteiger partial charge in [0.2, 0.25) is 0 Å². The van der Waals surface area contributed by atoms with E-state index in [1.807, 2.05) is 13.8 Å². The molecule has 120 valence electrons. The lowest BCUT2D eigenvalue weighted by Gasteiger charge is -2.17. The van der Waals surface area contributed by atoms with Crippen LogP contribution in [0.25, 0.3) is 0 Å². The van der Waals surface area contributed by atoms with Gasteiger partial charge in [0.1, 0.15) is 16.5 Å². The zero-order valence-corrected chi connectivity index (χ0v) is 13.9. The summed E-state index contributed by atoms with van der Waals surface area (Å²) in [7, 11) is 0. The van der Waals surface area contributed by atoms with Gasteiger partial charge in [-0.25, -0.2) is 4.79 Å². The van der Waals surface area contributed by atoms with Gasteiger partial charge in [0.15, 0.2) is 5.54 Å². The number of hydrogen-bond acceptors (Lipinski definition) is 6. The zero-order chi connectivity index (χ0) is 16.2. The summed E-state index contributed by atoms with van der Waals surface area (Å²) in [6, 6.07) is 5.11. The number of benzene rings is 1. The first-order valence-electron chi connectivity index (χ1n) is 7.36. The molecule has 1 aliphatic heterocycles. The van der Waals surface area contributed by atoms with Crippen LogP contribution in [0, 0.1) is 0 Å². The maximum absolute atomic E-state index is 12.1. The molecule has 0 bridgehead atoms. The highest BCUT2D eigenvalue weighted by molar-refractivity contribution is 8.14. The zero-order valence-electron chi connectivity index (χ0n) is 13.1. The van der Waals surface area contributed by atoms with Gasteiger partial charge in [0.25, 0.3) is 0 Å². The van der Waals surface area contributed by atoms with E-state index in [-0.39, 0.29) is 11.7 Å². The second-order valence-electron chi connectivity index (χ2n) is 5.23. The van der Waals surface area contributed by atoms with E-state index in [1.54, 1.807) is 25.1 Å². The van der Waals surface area contributed by atoms with Gasteiger partial charge >= 0.3 is 5.97 Å².